The van der Waals surface area contributed by atoms with Gasteiger partial charge in [-0.25, -0.2) is 9.97 Å². The van der Waals surface area contributed by atoms with Crippen LogP contribution in [0.5, 0.6) is 0 Å². The van der Waals surface area contributed by atoms with E-state index in [1.807, 2.05) is 0 Å². The highest BCUT2D eigenvalue weighted by atomic mass is 35.5. The highest BCUT2D eigenvalue weighted by Crippen LogP contribution is 2.29. The molecule has 1 aromatic heterocycles. The van der Waals surface area contributed by atoms with Crippen molar-refractivity contribution in [1.29, 1.82) is 0 Å². The summed E-state index contributed by atoms with van der Waals surface area (Å²) < 4.78 is 0. The van der Waals surface area contributed by atoms with Gasteiger partial charge < -0.3 is 10.2 Å². The summed E-state index contributed by atoms with van der Waals surface area (Å²) in [7, 11) is 0. The molecule has 0 radical (unpaired) electrons. The second kappa shape index (κ2) is 6.12. The molecule has 7 nitrogen and oxygen atoms in total. The minimum absolute atomic E-state index is 0.131. The van der Waals surface area contributed by atoms with Gasteiger partial charge in [-0.15, -0.1) is 0 Å². The summed E-state index contributed by atoms with van der Waals surface area (Å²) in [6.45, 7) is 5.14. The van der Waals surface area contributed by atoms with Gasteiger partial charge in [0.25, 0.3) is 0 Å². The SMILES string of the molecule is CCN1CCC(Nc2ncnc(Cl)c2[N+](=O)[O-])CC1. The van der Waals surface area contributed by atoms with Crippen molar-refractivity contribution in [2.75, 3.05) is 25.0 Å². The number of nitrogens with zero attached hydrogens (tertiary/aromatic N) is 4. The number of rotatable bonds is 4. The van der Waals surface area contributed by atoms with Crippen LogP contribution in [0.2, 0.25) is 5.15 Å². The van der Waals surface area contributed by atoms with Crippen LogP contribution in [0, 0.1) is 10.1 Å². The summed E-state index contributed by atoms with van der Waals surface area (Å²) >= 11 is 5.75. The Bertz CT molecular complexity index is 462. The molecule has 0 unspecified atom stereocenters. The van der Waals surface area contributed by atoms with Crippen molar-refractivity contribution < 1.29 is 4.92 Å². The minimum atomic E-state index is -0.550. The van der Waals surface area contributed by atoms with Crippen molar-refractivity contribution in [1.82, 2.24) is 14.9 Å². The third-order valence-electron chi connectivity index (χ3n) is 3.34. The van der Waals surface area contributed by atoms with E-state index < -0.39 is 4.92 Å². The van der Waals surface area contributed by atoms with Crippen LogP contribution < -0.4 is 5.32 Å². The molecule has 19 heavy (non-hydrogen) atoms. The van der Waals surface area contributed by atoms with Gasteiger partial charge in [0.15, 0.2) is 0 Å². The Morgan fingerprint density at radius 1 is 1.53 bits per heavy atom. The van der Waals surface area contributed by atoms with Gasteiger partial charge in [-0.2, -0.15) is 0 Å². The number of nitrogens with one attached hydrogen (secondary N) is 1. The van der Waals surface area contributed by atoms with Crippen LogP contribution in [0.4, 0.5) is 11.5 Å². The molecule has 1 saturated heterocycles. The van der Waals surface area contributed by atoms with E-state index >= 15 is 0 Å². The molecule has 1 aliphatic rings. The standard InChI is InChI=1S/C11H16ClN5O2/c1-2-16-5-3-8(4-6-16)15-11-9(17(18)19)10(12)13-7-14-11/h7-8H,2-6H2,1H3,(H,13,14,15). The van der Waals surface area contributed by atoms with Gasteiger partial charge in [-0.3, -0.25) is 10.1 Å². The number of piperidine rings is 1. The molecule has 1 aromatic rings. The van der Waals surface area contributed by atoms with Crippen LogP contribution in [0.1, 0.15) is 19.8 Å². The lowest BCUT2D eigenvalue weighted by Gasteiger charge is -2.31. The summed E-state index contributed by atoms with van der Waals surface area (Å²) in [6.07, 6.45) is 3.11. The first-order valence-corrected chi connectivity index (χ1v) is 6.63. The van der Waals surface area contributed by atoms with E-state index in [9.17, 15) is 10.1 Å². The van der Waals surface area contributed by atoms with Crippen LogP contribution in [0.15, 0.2) is 6.33 Å². The Kier molecular flexibility index (Phi) is 4.49. The molecule has 2 rings (SSSR count). The van der Waals surface area contributed by atoms with Crippen molar-refractivity contribution >= 4 is 23.1 Å². The smallest absolute Gasteiger partial charge is 0.348 e. The molecule has 0 atom stereocenters. The molecule has 0 aliphatic carbocycles. The molecular formula is C11H16ClN5O2. The third kappa shape index (κ3) is 3.30. The monoisotopic (exact) mass is 285 g/mol. The Morgan fingerprint density at radius 3 is 2.79 bits per heavy atom. The van der Waals surface area contributed by atoms with E-state index in [-0.39, 0.29) is 22.7 Å². The molecular weight excluding hydrogens is 270 g/mol. The van der Waals surface area contributed by atoms with Crippen LogP contribution in [-0.4, -0.2) is 45.5 Å². The quantitative estimate of drug-likeness (QED) is 0.517. The topological polar surface area (TPSA) is 84.2 Å². The minimum Gasteiger partial charge on any atom is -0.361 e. The first-order valence-electron chi connectivity index (χ1n) is 6.25. The fourth-order valence-corrected chi connectivity index (χ4v) is 2.41. The van der Waals surface area contributed by atoms with E-state index in [0.29, 0.717) is 0 Å². The zero-order chi connectivity index (χ0) is 13.8. The van der Waals surface area contributed by atoms with Gasteiger partial charge in [0.2, 0.25) is 11.0 Å². The van der Waals surface area contributed by atoms with E-state index in [4.69, 9.17) is 11.6 Å². The average molecular weight is 286 g/mol. The number of hydrogen-bond donors (Lipinski definition) is 1. The molecule has 1 fully saturated rings. The number of halogens is 1. The molecule has 8 heteroatoms. The Balaban J connectivity index is 2.08. The second-order valence-corrected chi connectivity index (χ2v) is 4.83. The van der Waals surface area contributed by atoms with Crippen molar-refractivity contribution in [2.24, 2.45) is 0 Å². The zero-order valence-electron chi connectivity index (χ0n) is 10.7. The Morgan fingerprint density at radius 2 is 2.21 bits per heavy atom. The Labute approximate surface area is 116 Å². The maximum absolute atomic E-state index is 11.0. The predicted octanol–water partition coefficient (Wildman–Crippen LogP) is 1.93. The maximum atomic E-state index is 11.0. The molecule has 0 saturated carbocycles. The van der Waals surface area contributed by atoms with Gasteiger partial charge in [0, 0.05) is 19.1 Å². The van der Waals surface area contributed by atoms with Gasteiger partial charge >= 0.3 is 5.69 Å². The van der Waals surface area contributed by atoms with Crippen molar-refractivity contribution in [2.45, 2.75) is 25.8 Å². The molecule has 0 aromatic carbocycles. The number of likely N-dealkylation sites (tertiary alicyclic amines) is 1. The zero-order valence-corrected chi connectivity index (χ0v) is 11.4. The summed E-state index contributed by atoms with van der Waals surface area (Å²) in [6, 6.07) is 0.187. The fourth-order valence-electron chi connectivity index (χ4n) is 2.21. The molecule has 1 aliphatic heterocycles. The van der Waals surface area contributed by atoms with E-state index in [1.54, 1.807) is 0 Å². The molecule has 104 valence electrons. The van der Waals surface area contributed by atoms with Gasteiger partial charge in [0.05, 0.1) is 4.92 Å². The van der Waals surface area contributed by atoms with Gasteiger partial charge in [0.1, 0.15) is 6.33 Å². The Hall–Kier alpha value is -1.47. The van der Waals surface area contributed by atoms with Crippen molar-refractivity contribution in [3.63, 3.8) is 0 Å². The summed E-state index contributed by atoms with van der Waals surface area (Å²) in [5.74, 6) is 0.208. The highest BCUT2D eigenvalue weighted by Gasteiger charge is 2.25. The van der Waals surface area contributed by atoms with Crippen LogP contribution >= 0.6 is 11.6 Å². The van der Waals surface area contributed by atoms with E-state index in [2.05, 4.69) is 27.1 Å². The van der Waals surface area contributed by atoms with Crippen LogP contribution in [0.25, 0.3) is 0 Å². The fraction of sp³-hybridized carbons (Fsp3) is 0.636. The number of aromatic nitrogens is 2. The molecule has 0 spiro atoms. The number of anilines is 1. The average Bonchev–Trinajstić information content (AvgIpc) is 2.39. The van der Waals surface area contributed by atoms with Gasteiger partial charge in [-0.05, 0) is 19.4 Å². The normalized spacial score (nSPS) is 17.4. The van der Waals surface area contributed by atoms with Gasteiger partial charge in [-0.1, -0.05) is 18.5 Å². The van der Waals surface area contributed by atoms with Crippen LogP contribution in [-0.2, 0) is 0 Å². The van der Waals surface area contributed by atoms with E-state index in [1.165, 1.54) is 6.33 Å². The molecule has 0 bridgehead atoms. The summed E-state index contributed by atoms with van der Waals surface area (Å²) in [5.41, 5.74) is -0.248. The van der Waals surface area contributed by atoms with Crippen molar-refractivity contribution in [3.05, 3.63) is 21.6 Å². The first kappa shape index (κ1) is 14.0. The molecule has 0 amide bonds. The first-order chi connectivity index (χ1) is 9.11. The highest BCUT2D eigenvalue weighted by molar-refractivity contribution is 6.31. The van der Waals surface area contributed by atoms with E-state index in [0.717, 1.165) is 32.5 Å². The maximum Gasteiger partial charge on any atom is 0.348 e. The largest absolute Gasteiger partial charge is 0.361 e. The summed E-state index contributed by atoms with van der Waals surface area (Å²) in [4.78, 5) is 20.3. The van der Waals surface area contributed by atoms with Crippen LogP contribution in [0.3, 0.4) is 0 Å². The molecule has 2 heterocycles. The lowest BCUT2D eigenvalue weighted by Crippen LogP contribution is -2.39. The lowest BCUT2D eigenvalue weighted by molar-refractivity contribution is -0.384. The van der Waals surface area contributed by atoms with Crippen molar-refractivity contribution in [3.8, 4) is 0 Å². The second-order valence-electron chi connectivity index (χ2n) is 4.47. The molecule has 1 N–H and O–H groups in total. The summed E-state index contributed by atoms with van der Waals surface area (Å²) in [5, 5.41) is 14.0. The number of nitro groups is 1. The third-order valence-corrected chi connectivity index (χ3v) is 3.61. The lowest BCUT2D eigenvalue weighted by atomic mass is 10.1. The number of hydrogen-bond acceptors (Lipinski definition) is 6. The predicted molar refractivity (Wildman–Crippen MR) is 72.5 cm³/mol.